The standard InChI is InChI=1S/C24H20ClNO3S/c1-16-12-14-19(15-13-16)30(27,28)24(18-8-4-3-5-9-18)23-22(26-17(2)29-23)20-10-6-7-11-21(20)25/h3-15,24H,1-2H3. The number of hydrogen-bond donors (Lipinski definition) is 0. The summed E-state index contributed by atoms with van der Waals surface area (Å²) in [6.45, 7) is 3.62. The lowest BCUT2D eigenvalue weighted by Gasteiger charge is -2.18. The Balaban J connectivity index is 1.98. The minimum atomic E-state index is -3.83. The maximum absolute atomic E-state index is 13.8. The van der Waals surface area contributed by atoms with Crippen LogP contribution in [0.1, 0.15) is 28.0 Å². The third-order valence-corrected chi connectivity index (χ3v) is 7.26. The zero-order valence-corrected chi connectivity index (χ0v) is 18.1. The molecule has 152 valence electrons. The number of aryl methyl sites for hydroxylation is 2. The fraction of sp³-hybridized carbons (Fsp3) is 0.125. The smallest absolute Gasteiger partial charge is 0.192 e. The minimum absolute atomic E-state index is 0.223. The van der Waals surface area contributed by atoms with Crippen molar-refractivity contribution in [3.63, 3.8) is 0 Å². The first-order chi connectivity index (χ1) is 14.4. The summed E-state index contributed by atoms with van der Waals surface area (Å²) < 4.78 is 33.5. The van der Waals surface area contributed by atoms with Gasteiger partial charge in [-0.2, -0.15) is 0 Å². The molecule has 1 heterocycles. The van der Waals surface area contributed by atoms with Gasteiger partial charge in [-0.25, -0.2) is 13.4 Å². The van der Waals surface area contributed by atoms with E-state index in [1.807, 2.05) is 43.3 Å². The van der Waals surface area contributed by atoms with Gasteiger partial charge in [0.15, 0.2) is 26.7 Å². The predicted octanol–water partition coefficient (Wildman–Crippen LogP) is 6.18. The van der Waals surface area contributed by atoms with Crippen LogP contribution in [0.3, 0.4) is 0 Å². The van der Waals surface area contributed by atoms with Crippen LogP contribution in [0.25, 0.3) is 11.3 Å². The maximum Gasteiger partial charge on any atom is 0.192 e. The Morgan fingerprint density at radius 1 is 0.867 bits per heavy atom. The lowest BCUT2D eigenvalue weighted by atomic mass is 10.0. The highest BCUT2D eigenvalue weighted by molar-refractivity contribution is 7.91. The Hall–Kier alpha value is -2.89. The Morgan fingerprint density at radius 3 is 2.17 bits per heavy atom. The molecular formula is C24H20ClNO3S. The van der Waals surface area contributed by atoms with E-state index in [4.69, 9.17) is 16.0 Å². The summed E-state index contributed by atoms with van der Waals surface area (Å²) in [7, 11) is -3.83. The molecule has 1 atom stereocenters. The molecule has 6 heteroatoms. The number of nitrogens with zero attached hydrogens (tertiary/aromatic N) is 1. The molecule has 30 heavy (non-hydrogen) atoms. The molecule has 1 unspecified atom stereocenters. The van der Waals surface area contributed by atoms with Crippen molar-refractivity contribution in [3.8, 4) is 11.3 Å². The van der Waals surface area contributed by atoms with Crippen molar-refractivity contribution in [1.82, 2.24) is 4.98 Å². The molecule has 0 amide bonds. The van der Waals surface area contributed by atoms with Gasteiger partial charge < -0.3 is 4.42 Å². The number of aromatic nitrogens is 1. The van der Waals surface area contributed by atoms with Crippen LogP contribution in [-0.4, -0.2) is 13.4 Å². The number of sulfone groups is 1. The summed E-state index contributed by atoms with van der Waals surface area (Å²) in [5, 5.41) is -0.583. The number of hydrogen-bond acceptors (Lipinski definition) is 4. The van der Waals surface area contributed by atoms with Crippen molar-refractivity contribution in [1.29, 1.82) is 0 Å². The molecular weight excluding hydrogens is 418 g/mol. The fourth-order valence-electron chi connectivity index (χ4n) is 3.43. The van der Waals surface area contributed by atoms with Crippen LogP contribution in [0.15, 0.2) is 88.2 Å². The summed E-state index contributed by atoms with van der Waals surface area (Å²) in [5.41, 5.74) is 2.65. The molecule has 0 bridgehead atoms. The largest absolute Gasteiger partial charge is 0.444 e. The van der Waals surface area contributed by atoms with Gasteiger partial charge in [-0.3, -0.25) is 0 Å². The highest BCUT2D eigenvalue weighted by atomic mass is 35.5. The van der Waals surface area contributed by atoms with Crippen molar-refractivity contribution in [2.45, 2.75) is 24.0 Å². The predicted molar refractivity (Wildman–Crippen MR) is 118 cm³/mol. The first kappa shape index (κ1) is 20.4. The van der Waals surface area contributed by atoms with E-state index in [0.29, 0.717) is 27.7 Å². The zero-order chi connectivity index (χ0) is 21.3. The van der Waals surface area contributed by atoms with Crippen LogP contribution >= 0.6 is 11.6 Å². The van der Waals surface area contributed by atoms with E-state index in [0.717, 1.165) is 5.56 Å². The van der Waals surface area contributed by atoms with E-state index in [2.05, 4.69) is 4.98 Å². The lowest BCUT2D eigenvalue weighted by Crippen LogP contribution is -2.15. The quantitative estimate of drug-likeness (QED) is 0.374. The molecule has 0 aliphatic carbocycles. The average molecular weight is 438 g/mol. The second kappa shape index (κ2) is 8.09. The summed E-state index contributed by atoms with van der Waals surface area (Å²) in [6, 6.07) is 23.1. The van der Waals surface area contributed by atoms with Gasteiger partial charge in [-0.15, -0.1) is 0 Å². The topological polar surface area (TPSA) is 60.2 Å². The Kier molecular flexibility index (Phi) is 5.50. The van der Waals surface area contributed by atoms with Crippen LogP contribution in [0.4, 0.5) is 0 Å². The summed E-state index contributed by atoms with van der Waals surface area (Å²) in [4.78, 5) is 4.72. The second-order valence-corrected chi connectivity index (χ2v) is 9.51. The van der Waals surface area contributed by atoms with E-state index >= 15 is 0 Å². The number of benzene rings is 3. The molecule has 4 rings (SSSR count). The van der Waals surface area contributed by atoms with E-state index < -0.39 is 15.1 Å². The first-order valence-electron chi connectivity index (χ1n) is 9.45. The van der Waals surface area contributed by atoms with Crippen molar-refractivity contribution in [2.75, 3.05) is 0 Å². The molecule has 1 aromatic heterocycles. The van der Waals surface area contributed by atoms with Gasteiger partial charge in [-0.1, -0.05) is 77.8 Å². The molecule has 0 saturated carbocycles. The van der Waals surface area contributed by atoms with Crippen LogP contribution in [0.5, 0.6) is 0 Å². The molecule has 0 fully saturated rings. The van der Waals surface area contributed by atoms with Gasteiger partial charge in [-0.05, 0) is 30.7 Å². The number of oxazole rings is 1. The molecule has 4 aromatic rings. The van der Waals surface area contributed by atoms with E-state index in [-0.39, 0.29) is 10.7 Å². The maximum atomic E-state index is 13.8. The van der Waals surface area contributed by atoms with Crippen LogP contribution in [-0.2, 0) is 9.84 Å². The van der Waals surface area contributed by atoms with Gasteiger partial charge in [0.05, 0.1) is 9.92 Å². The van der Waals surface area contributed by atoms with Gasteiger partial charge in [0, 0.05) is 12.5 Å². The van der Waals surface area contributed by atoms with Crippen molar-refractivity contribution < 1.29 is 12.8 Å². The lowest BCUT2D eigenvalue weighted by molar-refractivity contribution is 0.474. The fourth-order valence-corrected chi connectivity index (χ4v) is 5.40. The van der Waals surface area contributed by atoms with Gasteiger partial charge >= 0.3 is 0 Å². The molecule has 0 aliphatic heterocycles. The Morgan fingerprint density at radius 2 is 1.50 bits per heavy atom. The molecule has 0 spiro atoms. The number of halogens is 1. The van der Waals surface area contributed by atoms with Gasteiger partial charge in [0.25, 0.3) is 0 Å². The van der Waals surface area contributed by atoms with Crippen molar-refractivity contribution in [2.24, 2.45) is 0 Å². The van der Waals surface area contributed by atoms with Crippen LogP contribution in [0, 0.1) is 13.8 Å². The molecule has 4 nitrogen and oxygen atoms in total. The Bertz CT molecular complexity index is 1280. The van der Waals surface area contributed by atoms with Crippen molar-refractivity contribution >= 4 is 21.4 Å². The molecule has 0 saturated heterocycles. The van der Waals surface area contributed by atoms with Crippen LogP contribution in [0.2, 0.25) is 5.02 Å². The molecule has 0 radical (unpaired) electrons. The molecule has 0 N–H and O–H groups in total. The SMILES string of the molecule is Cc1ccc(S(=O)(=O)C(c2ccccc2)c2oc(C)nc2-c2ccccc2Cl)cc1. The Labute approximate surface area is 181 Å². The highest BCUT2D eigenvalue weighted by Gasteiger charge is 2.36. The molecule has 0 aliphatic rings. The average Bonchev–Trinajstić information content (AvgIpc) is 3.10. The van der Waals surface area contributed by atoms with Gasteiger partial charge in [0.1, 0.15) is 5.69 Å². The summed E-state index contributed by atoms with van der Waals surface area (Å²) in [5.74, 6) is 0.632. The third-order valence-electron chi connectivity index (χ3n) is 4.89. The van der Waals surface area contributed by atoms with Gasteiger partial charge in [0.2, 0.25) is 0 Å². The normalized spacial score (nSPS) is 12.6. The van der Waals surface area contributed by atoms with Crippen LogP contribution < -0.4 is 0 Å². The number of rotatable bonds is 5. The van der Waals surface area contributed by atoms with Crippen molar-refractivity contribution in [3.05, 3.63) is 107 Å². The first-order valence-corrected chi connectivity index (χ1v) is 11.4. The summed E-state index contributed by atoms with van der Waals surface area (Å²) >= 11 is 6.41. The van der Waals surface area contributed by atoms with E-state index in [1.165, 1.54) is 0 Å². The second-order valence-electron chi connectivity index (χ2n) is 7.07. The molecule has 3 aromatic carbocycles. The monoisotopic (exact) mass is 437 g/mol. The highest BCUT2D eigenvalue weighted by Crippen LogP contribution is 2.41. The summed E-state index contributed by atoms with van der Waals surface area (Å²) in [6.07, 6.45) is 0. The third kappa shape index (κ3) is 3.78. The van der Waals surface area contributed by atoms with E-state index in [9.17, 15) is 8.42 Å². The van der Waals surface area contributed by atoms with E-state index in [1.54, 1.807) is 49.4 Å². The minimum Gasteiger partial charge on any atom is -0.444 e. The zero-order valence-electron chi connectivity index (χ0n) is 16.5.